The summed E-state index contributed by atoms with van der Waals surface area (Å²) >= 11 is 0. The number of hydrogen-bond acceptors (Lipinski definition) is 4. The maximum absolute atomic E-state index is 13.1. The molecule has 4 aliphatic rings. The average Bonchev–Trinajstić information content (AvgIpc) is 2.72. The minimum Gasteiger partial charge on any atom is -0.494 e. The highest BCUT2D eigenvalue weighted by molar-refractivity contribution is 5.97. The summed E-state index contributed by atoms with van der Waals surface area (Å²) in [6.45, 7) is 2.77. The van der Waals surface area contributed by atoms with E-state index >= 15 is 0 Å². The first-order chi connectivity index (χ1) is 14.5. The molecule has 0 atom stereocenters. The second-order valence-corrected chi connectivity index (χ2v) is 9.26. The summed E-state index contributed by atoms with van der Waals surface area (Å²) in [6, 6.07) is 9.38. The fraction of sp³-hybridized carbons (Fsp3) is 0.625. The van der Waals surface area contributed by atoms with E-state index in [2.05, 4.69) is 11.4 Å². The van der Waals surface area contributed by atoms with Crippen LogP contribution in [0.3, 0.4) is 0 Å². The van der Waals surface area contributed by atoms with E-state index in [-0.39, 0.29) is 30.2 Å². The van der Waals surface area contributed by atoms with Gasteiger partial charge in [0.05, 0.1) is 25.6 Å². The van der Waals surface area contributed by atoms with E-state index in [0.717, 1.165) is 25.0 Å². The quantitative estimate of drug-likeness (QED) is 0.710. The summed E-state index contributed by atoms with van der Waals surface area (Å²) in [5.41, 5.74) is 0.453. The second-order valence-electron chi connectivity index (χ2n) is 9.26. The molecular weight excluding hydrogens is 378 g/mol. The smallest absolute Gasteiger partial charge is 0.246 e. The number of amides is 2. The summed E-state index contributed by atoms with van der Waals surface area (Å²) in [6.07, 6.45) is 7.03. The molecule has 0 aromatic heterocycles. The number of nitrogens with one attached hydrogen (secondary N) is 1. The van der Waals surface area contributed by atoms with Crippen LogP contribution in [0, 0.1) is 34.5 Å². The highest BCUT2D eigenvalue weighted by Gasteiger charge is 2.54. The molecular formula is C24H31N3O3. The third kappa shape index (κ3) is 4.16. The lowest BCUT2D eigenvalue weighted by atomic mass is 9.49. The van der Waals surface area contributed by atoms with Crippen molar-refractivity contribution >= 4 is 17.5 Å². The SMILES string of the molecule is CCOc1ccc(N(CCC#N)C(=O)CNC(=O)C23CC4CC(CC(C4)C2)C3)cc1. The number of hydrogen-bond donors (Lipinski definition) is 1. The Morgan fingerprint density at radius 3 is 2.27 bits per heavy atom. The van der Waals surface area contributed by atoms with Crippen molar-refractivity contribution in [3.63, 3.8) is 0 Å². The molecule has 5 rings (SSSR count). The van der Waals surface area contributed by atoms with Crippen molar-refractivity contribution in [2.45, 2.75) is 51.9 Å². The van der Waals surface area contributed by atoms with Gasteiger partial charge in [-0.2, -0.15) is 5.26 Å². The van der Waals surface area contributed by atoms with Gasteiger partial charge in [0.25, 0.3) is 0 Å². The van der Waals surface area contributed by atoms with Crippen molar-refractivity contribution < 1.29 is 14.3 Å². The predicted octanol–water partition coefficient (Wildman–Crippen LogP) is 3.66. The Morgan fingerprint density at radius 2 is 1.73 bits per heavy atom. The number of anilines is 1. The van der Waals surface area contributed by atoms with Crippen molar-refractivity contribution in [3.05, 3.63) is 24.3 Å². The maximum atomic E-state index is 13.1. The Kier molecular flexibility index (Phi) is 5.99. The molecule has 0 aliphatic heterocycles. The largest absolute Gasteiger partial charge is 0.494 e. The van der Waals surface area contributed by atoms with Crippen LogP contribution in [0.4, 0.5) is 5.69 Å². The fourth-order valence-electron chi connectivity index (χ4n) is 6.28. The Balaban J connectivity index is 1.40. The van der Waals surface area contributed by atoms with Gasteiger partial charge in [-0.3, -0.25) is 9.59 Å². The first kappa shape index (κ1) is 20.7. The van der Waals surface area contributed by atoms with E-state index < -0.39 is 0 Å². The summed E-state index contributed by atoms with van der Waals surface area (Å²) in [5, 5.41) is 12.0. The lowest BCUT2D eigenvalue weighted by molar-refractivity contribution is -0.147. The molecule has 0 spiro atoms. The summed E-state index contributed by atoms with van der Waals surface area (Å²) < 4.78 is 5.47. The molecule has 0 saturated heterocycles. The molecule has 6 heteroatoms. The molecule has 0 heterocycles. The van der Waals surface area contributed by atoms with Crippen molar-refractivity contribution in [3.8, 4) is 11.8 Å². The molecule has 4 saturated carbocycles. The van der Waals surface area contributed by atoms with E-state index in [4.69, 9.17) is 10.00 Å². The summed E-state index contributed by atoms with van der Waals surface area (Å²) in [4.78, 5) is 27.7. The molecule has 1 aromatic rings. The van der Waals surface area contributed by atoms with Gasteiger partial charge in [-0.1, -0.05) is 0 Å². The molecule has 1 N–H and O–H groups in total. The summed E-state index contributed by atoms with van der Waals surface area (Å²) in [7, 11) is 0. The zero-order chi connectivity index (χ0) is 21.1. The Hall–Kier alpha value is -2.55. The second kappa shape index (κ2) is 8.67. The minimum atomic E-state index is -0.258. The van der Waals surface area contributed by atoms with Crippen LogP contribution in [0.25, 0.3) is 0 Å². The maximum Gasteiger partial charge on any atom is 0.246 e. The lowest BCUT2D eigenvalue weighted by Crippen LogP contribution is -2.54. The number of nitrogens with zero attached hydrogens (tertiary/aromatic N) is 2. The van der Waals surface area contributed by atoms with Gasteiger partial charge in [0.2, 0.25) is 11.8 Å². The third-order valence-corrected chi connectivity index (χ3v) is 7.13. The van der Waals surface area contributed by atoms with Crippen molar-refractivity contribution in [1.82, 2.24) is 5.32 Å². The standard InChI is InChI=1S/C24H31N3O3/c1-2-30-21-6-4-20(5-7-21)27(9-3-8-25)22(28)16-26-23(29)24-13-17-10-18(14-24)12-19(11-17)15-24/h4-7,17-19H,2-3,9-16H2,1H3,(H,26,29). The lowest BCUT2D eigenvalue weighted by Gasteiger charge is -2.55. The van der Waals surface area contributed by atoms with Gasteiger partial charge < -0.3 is 15.0 Å². The van der Waals surface area contributed by atoms with E-state index in [0.29, 0.717) is 36.6 Å². The number of ether oxygens (including phenoxy) is 1. The number of rotatable bonds is 8. The van der Waals surface area contributed by atoms with Gasteiger partial charge in [0.1, 0.15) is 5.75 Å². The summed E-state index contributed by atoms with van der Waals surface area (Å²) in [5.74, 6) is 2.68. The van der Waals surface area contributed by atoms with Crippen molar-refractivity contribution in [1.29, 1.82) is 5.26 Å². The first-order valence-corrected chi connectivity index (χ1v) is 11.2. The van der Waals surface area contributed by atoms with Gasteiger partial charge in [-0.25, -0.2) is 0 Å². The van der Waals surface area contributed by atoms with Crippen LogP contribution in [0.2, 0.25) is 0 Å². The first-order valence-electron chi connectivity index (χ1n) is 11.2. The molecule has 6 nitrogen and oxygen atoms in total. The molecule has 30 heavy (non-hydrogen) atoms. The molecule has 4 fully saturated rings. The van der Waals surface area contributed by atoms with Gasteiger partial charge in [0, 0.05) is 17.6 Å². The fourth-order valence-corrected chi connectivity index (χ4v) is 6.28. The average molecular weight is 410 g/mol. The highest BCUT2D eigenvalue weighted by atomic mass is 16.5. The van der Waals surface area contributed by atoms with Crippen molar-refractivity contribution in [2.75, 3.05) is 24.6 Å². The van der Waals surface area contributed by atoms with E-state index in [9.17, 15) is 9.59 Å². The van der Waals surface area contributed by atoms with Crippen molar-refractivity contribution in [2.24, 2.45) is 23.2 Å². The zero-order valence-electron chi connectivity index (χ0n) is 17.7. The van der Waals surface area contributed by atoms with Gasteiger partial charge >= 0.3 is 0 Å². The van der Waals surface area contributed by atoms with E-state index in [1.54, 1.807) is 4.90 Å². The number of benzene rings is 1. The number of carbonyl (C=O) groups is 2. The predicted molar refractivity (Wildman–Crippen MR) is 114 cm³/mol. The minimum absolute atomic E-state index is 0.0285. The monoisotopic (exact) mass is 409 g/mol. The molecule has 0 unspecified atom stereocenters. The number of nitriles is 1. The van der Waals surface area contributed by atoms with Crippen LogP contribution >= 0.6 is 0 Å². The molecule has 1 aromatic carbocycles. The highest BCUT2D eigenvalue weighted by Crippen LogP contribution is 2.60. The van der Waals surface area contributed by atoms with E-state index in [1.807, 2.05) is 31.2 Å². The Bertz CT molecular complexity index is 792. The molecule has 0 radical (unpaired) electrons. The molecule has 160 valence electrons. The Labute approximate surface area is 178 Å². The topological polar surface area (TPSA) is 82.4 Å². The van der Waals surface area contributed by atoms with Crippen LogP contribution in [0.5, 0.6) is 5.75 Å². The van der Waals surface area contributed by atoms with Crippen LogP contribution in [0.1, 0.15) is 51.9 Å². The molecule has 2 amide bonds. The normalized spacial score (nSPS) is 28.6. The number of carbonyl (C=O) groups excluding carboxylic acids is 2. The molecule has 4 aliphatic carbocycles. The van der Waals surface area contributed by atoms with Gasteiger partial charge in [0.15, 0.2) is 0 Å². The molecule has 4 bridgehead atoms. The third-order valence-electron chi connectivity index (χ3n) is 7.13. The van der Waals surface area contributed by atoms with Crippen LogP contribution in [-0.2, 0) is 9.59 Å². The van der Waals surface area contributed by atoms with Crippen LogP contribution in [-0.4, -0.2) is 31.5 Å². The Morgan fingerprint density at radius 1 is 1.13 bits per heavy atom. The van der Waals surface area contributed by atoms with Crippen LogP contribution < -0.4 is 15.0 Å². The van der Waals surface area contributed by atoms with E-state index in [1.165, 1.54) is 19.3 Å². The van der Waals surface area contributed by atoms with Gasteiger partial charge in [-0.15, -0.1) is 0 Å². The zero-order valence-corrected chi connectivity index (χ0v) is 17.7. The van der Waals surface area contributed by atoms with Gasteiger partial charge in [-0.05, 0) is 87.5 Å². The van der Waals surface area contributed by atoms with Crippen LogP contribution in [0.15, 0.2) is 24.3 Å².